The average molecular weight is 284 g/mol. The summed E-state index contributed by atoms with van der Waals surface area (Å²) in [5.74, 6) is 0.975. The molecule has 0 amide bonds. The van der Waals surface area contributed by atoms with Crippen molar-refractivity contribution < 1.29 is 0 Å². The molecule has 0 spiro atoms. The summed E-state index contributed by atoms with van der Waals surface area (Å²) < 4.78 is 0. The highest BCUT2D eigenvalue weighted by Gasteiger charge is 2.26. The lowest BCUT2D eigenvalue weighted by Crippen LogP contribution is -2.41. The Hall–Kier alpha value is -1.60. The second-order valence-corrected chi connectivity index (χ2v) is 6.29. The van der Waals surface area contributed by atoms with E-state index in [1.165, 1.54) is 45.2 Å². The maximum atomic E-state index is 9.18. The molecule has 0 saturated carbocycles. The fourth-order valence-electron chi connectivity index (χ4n) is 3.54. The highest BCUT2D eigenvalue weighted by atomic mass is 15.3. The van der Waals surface area contributed by atoms with Crippen LogP contribution in [0.1, 0.15) is 43.4 Å². The fourth-order valence-corrected chi connectivity index (χ4v) is 3.54. The lowest BCUT2D eigenvalue weighted by molar-refractivity contribution is 0.236. The number of aromatic nitrogens is 1. The van der Waals surface area contributed by atoms with Gasteiger partial charge in [-0.15, -0.1) is 0 Å². The van der Waals surface area contributed by atoms with Crippen LogP contribution < -0.4 is 4.90 Å². The zero-order chi connectivity index (χ0) is 14.7. The van der Waals surface area contributed by atoms with Gasteiger partial charge < -0.3 is 4.90 Å². The van der Waals surface area contributed by atoms with Gasteiger partial charge in [-0.1, -0.05) is 12.5 Å². The van der Waals surface area contributed by atoms with Gasteiger partial charge in [-0.25, -0.2) is 4.98 Å². The van der Waals surface area contributed by atoms with Crippen LogP contribution in [0, 0.1) is 18.3 Å². The third-order valence-electron chi connectivity index (χ3n) is 4.82. The molecule has 2 fully saturated rings. The quantitative estimate of drug-likeness (QED) is 0.837. The first-order valence-electron chi connectivity index (χ1n) is 8.14. The van der Waals surface area contributed by atoms with Gasteiger partial charge in [0.1, 0.15) is 17.6 Å². The first-order valence-corrected chi connectivity index (χ1v) is 8.14. The number of nitriles is 1. The van der Waals surface area contributed by atoms with Crippen molar-refractivity contribution in [2.24, 2.45) is 0 Å². The molecular weight excluding hydrogens is 260 g/mol. The molecule has 1 aromatic heterocycles. The van der Waals surface area contributed by atoms with Crippen LogP contribution in [0.4, 0.5) is 5.82 Å². The Morgan fingerprint density at radius 1 is 1.14 bits per heavy atom. The molecule has 1 unspecified atom stereocenters. The van der Waals surface area contributed by atoms with E-state index in [-0.39, 0.29) is 0 Å². The summed E-state index contributed by atoms with van der Waals surface area (Å²) in [6.45, 7) is 6.57. The van der Waals surface area contributed by atoms with Crippen LogP contribution in [-0.2, 0) is 0 Å². The van der Waals surface area contributed by atoms with Crippen molar-refractivity contribution in [2.75, 3.05) is 31.1 Å². The van der Waals surface area contributed by atoms with Crippen molar-refractivity contribution in [2.45, 2.75) is 45.1 Å². The summed E-state index contributed by atoms with van der Waals surface area (Å²) in [4.78, 5) is 9.60. The van der Waals surface area contributed by atoms with Crippen molar-refractivity contribution in [3.05, 3.63) is 23.4 Å². The van der Waals surface area contributed by atoms with E-state index >= 15 is 0 Å². The second kappa shape index (κ2) is 6.44. The summed E-state index contributed by atoms with van der Waals surface area (Å²) in [6, 6.07) is 6.96. The molecule has 0 radical (unpaired) electrons. The van der Waals surface area contributed by atoms with E-state index in [2.05, 4.69) is 26.9 Å². The van der Waals surface area contributed by atoms with Gasteiger partial charge in [-0.3, -0.25) is 4.90 Å². The topological polar surface area (TPSA) is 43.2 Å². The number of anilines is 1. The fraction of sp³-hybridized carbons (Fsp3) is 0.647. The average Bonchev–Trinajstić information content (AvgIpc) is 2.93. The van der Waals surface area contributed by atoms with Gasteiger partial charge in [0.2, 0.25) is 0 Å². The van der Waals surface area contributed by atoms with E-state index in [0.29, 0.717) is 11.7 Å². The Kier molecular flexibility index (Phi) is 4.40. The maximum Gasteiger partial charge on any atom is 0.145 e. The highest BCUT2D eigenvalue weighted by Crippen LogP contribution is 2.24. The minimum atomic E-state index is 0.564. The molecule has 3 heterocycles. The molecule has 0 bridgehead atoms. The molecule has 112 valence electrons. The maximum absolute atomic E-state index is 9.18. The van der Waals surface area contributed by atoms with Crippen LogP contribution in [-0.4, -0.2) is 42.1 Å². The first-order chi connectivity index (χ1) is 10.3. The number of likely N-dealkylation sites (tertiary alicyclic amines) is 1. The molecule has 3 rings (SSSR count). The van der Waals surface area contributed by atoms with Gasteiger partial charge in [-0.05, 0) is 57.3 Å². The van der Waals surface area contributed by atoms with Crippen LogP contribution >= 0.6 is 0 Å². The van der Waals surface area contributed by atoms with Crippen LogP contribution in [0.2, 0.25) is 0 Å². The van der Waals surface area contributed by atoms with E-state index in [4.69, 9.17) is 0 Å². The summed E-state index contributed by atoms with van der Waals surface area (Å²) >= 11 is 0. The number of hydrogen-bond acceptors (Lipinski definition) is 4. The van der Waals surface area contributed by atoms with E-state index in [9.17, 15) is 5.26 Å². The van der Waals surface area contributed by atoms with Gasteiger partial charge in [0.25, 0.3) is 0 Å². The lowest BCUT2D eigenvalue weighted by Gasteiger charge is -2.31. The molecule has 21 heavy (non-hydrogen) atoms. The summed E-state index contributed by atoms with van der Waals surface area (Å²) in [5.41, 5.74) is 1.53. The number of hydrogen-bond donors (Lipinski definition) is 0. The SMILES string of the molecule is Cc1ccc(N2CCCCC(N3CCCC3)C2)nc1C#N. The highest BCUT2D eigenvalue weighted by molar-refractivity contribution is 5.45. The van der Waals surface area contributed by atoms with Crippen LogP contribution in [0.5, 0.6) is 0 Å². The van der Waals surface area contributed by atoms with E-state index in [1.807, 2.05) is 13.0 Å². The molecule has 2 saturated heterocycles. The molecule has 0 aromatic carbocycles. The van der Waals surface area contributed by atoms with Crippen molar-refractivity contribution in [1.29, 1.82) is 5.26 Å². The molecular formula is C17H24N4. The molecule has 4 heteroatoms. The van der Waals surface area contributed by atoms with Gasteiger partial charge in [0.15, 0.2) is 0 Å². The minimum Gasteiger partial charge on any atom is -0.355 e. The number of aryl methyl sites for hydroxylation is 1. The zero-order valence-corrected chi connectivity index (χ0v) is 12.9. The normalized spacial score (nSPS) is 23.8. The third kappa shape index (κ3) is 3.19. The van der Waals surface area contributed by atoms with Crippen LogP contribution in [0.15, 0.2) is 12.1 Å². The molecule has 1 atom stereocenters. The lowest BCUT2D eigenvalue weighted by atomic mass is 10.1. The zero-order valence-electron chi connectivity index (χ0n) is 12.9. The Bertz CT molecular complexity index is 528. The van der Waals surface area contributed by atoms with Gasteiger partial charge in [-0.2, -0.15) is 5.26 Å². The van der Waals surface area contributed by atoms with Gasteiger partial charge >= 0.3 is 0 Å². The van der Waals surface area contributed by atoms with Crippen molar-refractivity contribution >= 4 is 5.82 Å². The minimum absolute atomic E-state index is 0.564. The smallest absolute Gasteiger partial charge is 0.145 e. The van der Waals surface area contributed by atoms with E-state index < -0.39 is 0 Å². The molecule has 4 nitrogen and oxygen atoms in total. The standard InChI is InChI=1S/C17H24N4/c1-14-7-8-17(19-16(14)12-18)21-11-3-2-6-15(13-21)20-9-4-5-10-20/h7-8,15H,2-6,9-11,13H2,1H3. The Balaban J connectivity index is 1.78. The molecule has 2 aliphatic rings. The Morgan fingerprint density at radius 2 is 1.90 bits per heavy atom. The second-order valence-electron chi connectivity index (χ2n) is 6.29. The first kappa shape index (κ1) is 14.3. The molecule has 0 aliphatic carbocycles. The Labute approximate surface area is 127 Å². The number of nitrogens with zero attached hydrogens (tertiary/aromatic N) is 4. The molecule has 2 aliphatic heterocycles. The van der Waals surface area contributed by atoms with Crippen LogP contribution in [0.3, 0.4) is 0 Å². The van der Waals surface area contributed by atoms with Crippen molar-refractivity contribution in [3.8, 4) is 6.07 Å². The van der Waals surface area contributed by atoms with Crippen molar-refractivity contribution in [3.63, 3.8) is 0 Å². The largest absolute Gasteiger partial charge is 0.355 e. The number of pyridine rings is 1. The monoisotopic (exact) mass is 284 g/mol. The predicted molar refractivity (Wildman–Crippen MR) is 84.3 cm³/mol. The van der Waals surface area contributed by atoms with E-state index in [1.54, 1.807) is 0 Å². The Morgan fingerprint density at radius 3 is 2.67 bits per heavy atom. The number of rotatable bonds is 2. The van der Waals surface area contributed by atoms with Gasteiger partial charge in [0.05, 0.1) is 0 Å². The predicted octanol–water partition coefficient (Wildman–Crippen LogP) is 2.72. The van der Waals surface area contributed by atoms with Crippen molar-refractivity contribution in [1.82, 2.24) is 9.88 Å². The summed E-state index contributed by atoms with van der Waals surface area (Å²) in [7, 11) is 0. The van der Waals surface area contributed by atoms with Gasteiger partial charge in [0, 0.05) is 19.1 Å². The summed E-state index contributed by atoms with van der Waals surface area (Å²) in [5, 5.41) is 9.18. The molecule has 1 aromatic rings. The third-order valence-corrected chi connectivity index (χ3v) is 4.82. The summed E-state index contributed by atoms with van der Waals surface area (Å²) in [6.07, 6.45) is 6.51. The van der Waals surface area contributed by atoms with E-state index in [0.717, 1.165) is 24.5 Å². The molecule has 0 N–H and O–H groups in total. The van der Waals surface area contributed by atoms with Crippen LogP contribution in [0.25, 0.3) is 0 Å².